The van der Waals surface area contributed by atoms with Gasteiger partial charge in [0.1, 0.15) is 0 Å². The molecular weight excluding hydrogens is 350 g/mol. The van der Waals surface area contributed by atoms with E-state index >= 15 is 0 Å². The van der Waals surface area contributed by atoms with Crippen LogP contribution in [0.4, 0.5) is 0 Å². The van der Waals surface area contributed by atoms with Crippen molar-refractivity contribution in [1.29, 1.82) is 0 Å². The van der Waals surface area contributed by atoms with E-state index in [1.807, 2.05) is 30.3 Å². The van der Waals surface area contributed by atoms with E-state index in [0.29, 0.717) is 17.4 Å². The Balaban J connectivity index is 2.11. The lowest BCUT2D eigenvalue weighted by Crippen LogP contribution is -2.25. The maximum absolute atomic E-state index is 12.4. The number of benzene rings is 2. The molecular formula is C16H20BrNO2S. The lowest BCUT2D eigenvalue weighted by molar-refractivity contribution is 0.547. The number of hydrogen-bond donors (Lipinski definition) is 1. The van der Waals surface area contributed by atoms with Crippen LogP contribution in [0.15, 0.2) is 47.4 Å². The molecule has 2 rings (SSSR count). The molecule has 0 aliphatic rings. The van der Waals surface area contributed by atoms with Crippen LogP contribution in [0.2, 0.25) is 0 Å². The van der Waals surface area contributed by atoms with Crippen molar-refractivity contribution in [2.75, 3.05) is 11.9 Å². The molecule has 5 heteroatoms. The minimum Gasteiger partial charge on any atom is -0.211 e. The van der Waals surface area contributed by atoms with Crippen LogP contribution in [-0.4, -0.2) is 20.3 Å². The van der Waals surface area contributed by atoms with Gasteiger partial charge in [0.05, 0.1) is 4.90 Å². The van der Waals surface area contributed by atoms with Gasteiger partial charge in [-0.2, -0.15) is 0 Å². The summed E-state index contributed by atoms with van der Waals surface area (Å²) >= 11 is 3.43. The summed E-state index contributed by atoms with van der Waals surface area (Å²) in [6.45, 7) is 2.62. The van der Waals surface area contributed by atoms with E-state index in [4.69, 9.17) is 0 Å². The lowest BCUT2D eigenvalue weighted by Gasteiger charge is -2.11. The molecule has 1 atom stereocenters. The monoisotopic (exact) mass is 369 g/mol. The molecule has 0 aromatic heterocycles. The Morgan fingerprint density at radius 3 is 2.62 bits per heavy atom. The Morgan fingerprint density at radius 1 is 1.14 bits per heavy atom. The van der Waals surface area contributed by atoms with E-state index in [9.17, 15) is 8.42 Å². The summed E-state index contributed by atoms with van der Waals surface area (Å²) in [6, 6.07) is 12.9. The third-order valence-electron chi connectivity index (χ3n) is 3.47. The molecule has 0 heterocycles. The van der Waals surface area contributed by atoms with E-state index < -0.39 is 10.0 Å². The summed E-state index contributed by atoms with van der Waals surface area (Å²) in [5.74, 6) is 0.562. The van der Waals surface area contributed by atoms with Gasteiger partial charge in [0.15, 0.2) is 0 Å². The van der Waals surface area contributed by atoms with Gasteiger partial charge in [-0.15, -0.1) is 0 Å². The van der Waals surface area contributed by atoms with Crippen molar-refractivity contribution in [2.24, 2.45) is 5.92 Å². The fourth-order valence-corrected chi connectivity index (χ4v) is 3.87. The molecule has 0 bridgehead atoms. The van der Waals surface area contributed by atoms with Gasteiger partial charge in [-0.25, -0.2) is 13.1 Å². The van der Waals surface area contributed by atoms with Crippen molar-refractivity contribution in [2.45, 2.75) is 24.7 Å². The topological polar surface area (TPSA) is 46.2 Å². The molecule has 21 heavy (non-hydrogen) atoms. The maximum Gasteiger partial charge on any atom is 0.241 e. The van der Waals surface area contributed by atoms with Crippen molar-refractivity contribution in [1.82, 2.24) is 4.72 Å². The predicted molar refractivity (Wildman–Crippen MR) is 91.3 cm³/mol. The molecule has 0 saturated heterocycles. The first-order valence-corrected chi connectivity index (χ1v) is 9.68. The molecule has 0 spiro atoms. The second kappa shape index (κ2) is 7.38. The standard InChI is InChI=1S/C16H20BrNO2S/c1-13(12-17)6-5-11-18-21(19,20)16-10-4-8-14-7-2-3-9-15(14)16/h2-4,7-10,13,18H,5-6,11-12H2,1H3. The third-order valence-corrected chi connectivity index (χ3v) is 6.09. The third kappa shape index (κ3) is 4.28. The van der Waals surface area contributed by atoms with Crippen molar-refractivity contribution in [3.8, 4) is 0 Å². The number of alkyl halides is 1. The normalized spacial score (nSPS) is 13.4. The molecule has 0 radical (unpaired) electrons. The molecule has 0 aliphatic heterocycles. The Hall–Kier alpha value is -0.910. The molecule has 1 N–H and O–H groups in total. The van der Waals surface area contributed by atoms with Crippen LogP contribution >= 0.6 is 15.9 Å². The van der Waals surface area contributed by atoms with E-state index in [1.54, 1.807) is 12.1 Å². The minimum atomic E-state index is -3.45. The van der Waals surface area contributed by atoms with Crippen molar-refractivity contribution >= 4 is 36.7 Å². The summed E-state index contributed by atoms with van der Waals surface area (Å²) in [5.41, 5.74) is 0. The summed E-state index contributed by atoms with van der Waals surface area (Å²) in [4.78, 5) is 0.356. The zero-order chi connectivity index (χ0) is 15.3. The van der Waals surface area contributed by atoms with Gasteiger partial charge in [0.2, 0.25) is 10.0 Å². The van der Waals surface area contributed by atoms with Gasteiger partial charge in [0, 0.05) is 17.3 Å². The highest BCUT2D eigenvalue weighted by atomic mass is 79.9. The molecule has 114 valence electrons. The highest BCUT2D eigenvalue weighted by molar-refractivity contribution is 9.09. The lowest BCUT2D eigenvalue weighted by atomic mass is 10.1. The van der Waals surface area contributed by atoms with Crippen LogP contribution in [0, 0.1) is 5.92 Å². The van der Waals surface area contributed by atoms with Crippen molar-refractivity contribution < 1.29 is 8.42 Å². The van der Waals surface area contributed by atoms with Gasteiger partial charge in [-0.05, 0) is 30.2 Å². The quantitative estimate of drug-likeness (QED) is 0.593. The van der Waals surface area contributed by atoms with E-state index in [2.05, 4.69) is 27.6 Å². The number of hydrogen-bond acceptors (Lipinski definition) is 2. The maximum atomic E-state index is 12.4. The molecule has 3 nitrogen and oxygen atoms in total. The number of sulfonamides is 1. The average molecular weight is 370 g/mol. The zero-order valence-corrected chi connectivity index (χ0v) is 14.5. The van der Waals surface area contributed by atoms with Crippen LogP contribution < -0.4 is 4.72 Å². The van der Waals surface area contributed by atoms with Gasteiger partial charge in [0.25, 0.3) is 0 Å². The molecule has 0 amide bonds. The first kappa shape index (κ1) is 16.5. The molecule has 0 saturated carbocycles. The van der Waals surface area contributed by atoms with E-state index in [0.717, 1.165) is 28.9 Å². The van der Waals surface area contributed by atoms with Crippen molar-refractivity contribution in [3.63, 3.8) is 0 Å². The van der Waals surface area contributed by atoms with Crippen LogP contribution in [-0.2, 0) is 10.0 Å². The average Bonchev–Trinajstić information content (AvgIpc) is 2.50. The highest BCUT2D eigenvalue weighted by Crippen LogP contribution is 2.22. The van der Waals surface area contributed by atoms with Gasteiger partial charge >= 0.3 is 0 Å². The molecule has 1 unspecified atom stereocenters. The van der Waals surface area contributed by atoms with Crippen LogP contribution in [0.3, 0.4) is 0 Å². The van der Waals surface area contributed by atoms with Gasteiger partial charge in [-0.3, -0.25) is 0 Å². The van der Waals surface area contributed by atoms with Gasteiger partial charge < -0.3 is 0 Å². The summed E-state index contributed by atoms with van der Waals surface area (Å²) in [6.07, 6.45) is 1.85. The smallest absolute Gasteiger partial charge is 0.211 e. The molecule has 0 fully saturated rings. The van der Waals surface area contributed by atoms with Crippen LogP contribution in [0.5, 0.6) is 0 Å². The second-order valence-electron chi connectivity index (χ2n) is 5.28. The minimum absolute atomic E-state index is 0.356. The largest absolute Gasteiger partial charge is 0.241 e. The fraction of sp³-hybridized carbons (Fsp3) is 0.375. The number of halogens is 1. The second-order valence-corrected chi connectivity index (χ2v) is 7.66. The number of nitrogens with one attached hydrogen (secondary N) is 1. The predicted octanol–water partition coefficient (Wildman–Crippen LogP) is 3.93. The number of fused-ring (bicyclic) bond motifs is 1. The SMILES string of the molecule is CC(CBr)CCCNS(=O)(=O)c1cccc2ccccc12. The first-order valence-electron chi connectivity index (χ1n) is 7.08. The zero-order valence-electron chi connectivity index (χ0n) is 12.0. The summed E-state index contributed by atoms with van der Waals surface area (Å²) in [7, 11) is -3.45. The Labute approximate surface area is 134 Å². The summed E-state index contributed by atoms with van der Waals surface area (Å²) in [5, 5.41) is 2.65. The van der Waals surface area contributed by atoms with Crippen LogP contribution in [0.1, 0.15) is 19.8 Å². The highest BCUT2D eigenvalue weighted by Gasteiger charge is 2.16. The van der Waals surface area contributed by atoms with Gasteiger partial charge in [-0.1, -0.05) is 59.3 Å². The molecule has 2 aromatic rings. The van der Waals surface area contributed by atoms with E-state index in [-0.39, 0.29) is 0 Å². The molecule has 2 aromatic carbocycles. The molecule has 0 aliphatic carbocycles. The van der Waals surface area contributed by atoms with E-state index in [1.165, 1.54) is 0 Å². The Bertz CT molecular complexity index is 695. The van der Waals surface area contributed by atoms with Crippen LogP contribution in [0.25, 0.3) is 10.8 Å². The number of rotatable bonds is 7. The fourth-order valence-electron chi connectivity index (χ4n) is 2.24. The Morgan fingerprint density at radius 2 is 1.86 bits per heavy atom. The van der Waals surface area contributed by atoms with Crippen molar-refractivity contribution in [3.05, 3.63) is 42.5 Å². The Kier molecular flexibility index (Phi) is 5.79. The first-order chi connectivity index (χ1) is 10.0. The summed E-state index contributed by atoms with van der Waals surface area (Å²) < 4.78 is 27.6.